The highest BCUT2D eigenvalue weighted by atomic mass is 35.5. The third-order valence-electron chi connectivity index (χ3n) is 14.9. The monoisotopic (exact) mass is 908 g/mol. The maximum atomic E-state index is 13.9. The van der Waals surface area contributed by atoms with Gasteiger partial charge in [-0.1, -0.05) is 51.4 Å². The van der Waals surface area contributed by atoms with Crippen molar-refractivity contribution in [1.82, 2.24) is 34.9 Å². The van der Waals surface area contributed by atoms with Crippen molar-refractivity contribution < 1.29 is 23.1 Å². The van der Waals surface area contributed by atoms with E-state index in [9.17, 15) is 23.6 Å². The number of carbonyl (C=O) groups excluding carboxylic acids is 2. The van der Waals surface area contributed by atoms with Gasteiger partial charge < -0.3 is 29.7 Å². The van der Waals surface area contributed by atoms with Gasteiger partial charge in [-0.15, -0.1) is 0 Å². The lowest BCUT2D eigenvalue weighted by atomic mass is 9.49. The van der Waals surface area contributed by atoms with Crippen LogP contribution in [-0.2, 0) is 24.2 Å². The number of aryl methyl sites for hydroxylation is 1. The minimum absolute atomic E-state index is 0.0192. The molecule has 2 saturated heterocycles. The Morgan fingerprint density at radius 2 is 1.68 bits per heavy atom. The lowest BCUT2D eigenvalue weighted by Gasteiger charge is -2.63. The highest BCUT2D eigenvalue weighted by molar-refractivity contribution is 6.31. The predicted octanol–water partition coefficient (Wildman–Crippen LogP) is 8.29. The smallest absolute Gasteiger partial charge is 0.263 e. The number of hydrogen-bond donors (Lipinski definition) is 1. The minimum atomic E-state index is -2.55. The van der Waals surface area contributed by atoms with Crippen LogP contribution in [-0.4, -0.2) is 99.3 Å². The number of aromatic nitrogens is 4. The van der Waals surface area contributed by atoms with Gasteiger partial charge in [0.2, 0.25) is 11.9 Å². The number of likely N-dealkylation sites (tertiary alicyclic amines) is 1. The summed E-state index contributed by atoms with van der Waals surface area (Å²) in [5.41, 5.74) is 4.13. The molecule has 65 heavy (non-hydrogen) atoms. The summed E-state index contributed by atoms with van der Waals surface area (Å²) in [6.07, 6.45) is 6.97. The van der Waals surface area contributed by atoms with Crippen LogP contribution in [0.25, 0.3) is 0 Å². The zero-order valence-electron chi connectivity index (χ0n) is 38.0. The van der Waals surface area contributed by atoms with E-state index in [0.717, 1.165) is 100 Å². The zero-order chi connectivity index (χ0) is 45.8. The largest absolute Gasteiger partial charge is 0.489 e. The van der Waals surface area contributed by atoms with E-state index in [2.05, 4.69) is 68.4 Å². The topological polar surface area (TPSA) is 136 Å². The molecule has 16 heteroatoms. The van der Waals surface area contributed by atoms with Crippen molar-refractivity contribution in [3.8, 4) is 11.8 Å². The van der Waals surface area contributed by atoms with E-state index in [1.54, 1.807) is 43.6 Å². The Labute approximate surface area is 385 Å². The fourth-order valence-electron chi connectivity index (χ4n) is 11.6. The molecule has 2 amide bonds. The molecule has 0 bridgehead atoms. The molecule has 6 heterocycles. The molecule has 0 spiro atoms. The molecule has 2 aromatic carbocycles. The average Bonchev–Trinajstić information content (AvgIpc) is 3.68. The second kappa shape index (κ2) is 17.8. The van der Waals surface area contributed by atoms with Crippen LogP contribution in [0, 0.1) is 28.1 Å². The van der Waals surface area contributed by atoms with Gasteiger partial charge in [0.1, 0.15) is 17.9 Å². The second-order valence-electron chi connectivity index (χ2n) is 19.9. The number of piperidine rings is 2. The number of halogens is 3. The average molecular weight is 910 g/mol. The maximum Gasteiger partial charge on any atom is 0.263 e. The summed E-state index contributed by atoms with van der Waals surface area (Å²) < 4.78 is 36.3. The van der Waals surface area contributed by atoms with E-state index >= 15 is 0 Å². The standard InChI is InChI=1S/C49H59ClF2N10O3/c1-30(63)60-22-16-40-38(29-60)43(61-17-6-7-32-8-9-33(42(51)52)23-41(32)61)57-62(40)36-14-18-58(19-15-36)28-31-12-20-59(21-13-31)47-54-26-35(27-55-47)44(64)56-45-48(2,3)46(49(45,4)5)65-37-11-10-34(25-53)39(50)24-37/h8-11,23-24,26-27,31,36,42,45-46H,6-7,12-22,28-29H2,1-5H3,(H,56,64). The number of benzene rings is 2. The molecule has 13 nitrogen and oxygen atoms in total. The van der Waals surface area contributed by atoms with Gasteiger partial charge in [0, 0.05) is 117 Å². The first-order valence-electron chi connectivity index (χ1n) is 23.1. The molecule has 5 aliphatic rings. The number of carbonyl (C=O) groups is 2. The number of ether oxygens (including phenoxy) is 1. The van der Waals surface area contributed by atoms with Crippen molar-refractivity contribution in [2.24, 2.45) is 16.7 Å². The van der Waals surface area contributed by atoms with Crippen LogP contribution in [0.4, 0.5) is 26.2 Å². The summed E-state index contributed by atoms with van der Waals surface area (Å²) in [7, 11) is 0. The van der Waals surface area contributed by atoms with E-state index in [1.807, 2.05) is 11.0 Å². The summed E-state index contributed by atoms with van der Waals surface area (Å²) in [6, 6.07) is 12.2. The third-order valence-corrected chi connectivity index (χ3v) is 15.2. The molecule has 0 radical (unpaired) electrons. The Kier molecular flexibility index (Phi) is 12.3. The Hall–Kier alpha value is -5.33. The molecule has 4 aliphatic heterocycles. The van der Waals surface area contributed by atoms with Gasteiger partial charge in [-0.05, 0) is 68.2 Å². The van der Waals surface area contributed by atoms with Crippen molar-refractivity contribution in [2.45, 2.75) is 111 Å². The Morgan fingerprint density at radius 1 is 0.954 bits per heavy atom. The number of anilines is 3. The van der Waals surface area contributed by atoms with Gasteiger partial charge in [0.25, 0.3) is 12.3 Å². The number of nitrogens with zero attached hydrogens (tertiary/aromatic N) is 9. The summed E-state index contributed by atoms with van der Waals surface area (Å²) in [4.78, 5) is 44.1. The van der Waals surface area contributed by atoms with E-state index in [0.29, 0.717) is 53.4 Å². The van der Waals surface area contributed by atoms with Crippen molar-refractivity contribution >= 4 is 40.9 Å². The molecule has 1 aliphatic carbocycles. The molecular weight excluding hydrogens is 850 g/mol. The number of nitrogens with one attached hydrogen (secondary N) is 1. The maximum absolute atomic E-state index is 13.9. The molecule has 0 atom stereocenters. The number of hydrogen-bond acceptors (Lipinski definition) is 10. The van der Waals surface area contributed by atoms with Crippen LogP contribution in [0.1, 0.15) is 117 Å². The molecule has 4 aromatic rings. The first-order chi connectivity index (χ1) is 31.1. The first kappa shape index (κ1) is 44.9. The van der Waals surface area contributed by atoms with Crippen LogP contribution < -0.4 is 19.9 Å². The number of rotatable bonds is 10. The van der Waals surface area contributed by atoms with Crippen molar-refractivity contribution in [3.63, 3.8) is 0 Å². The summed E-state index contributed by atoms with van der Waals surface area (Å²) in [5, 5.41) is 18.1. The zero-order valence-corrected chi connectivity index (χ0v) is 38.8. The molecule has 344 valence electrons. The summed E-state index contributed by atoms with van der Waals surface area (Å²) >= 11 is 6.26. The number of fused-ring (bicyclic) bond motifs is 2. The fourth-order valence-corrected chi connectivity index (χ4v) is 11.8. The second-order valence-corrected chi connectivity index (χ2v) is 20.3. The Morgan fingerprint density at radius 3 is 2.34 bits per heavy atom. The number of alkyl halides is 2. The molecular formula is C49H59ClF2N10O3. The quantitative estimate of drug-likeness (QED) is 0.166. The fraction of sp³-hybridized carbons (Fsp3) is 0.551. The highest BCUT2D eigenvalue weighted by Crippen LogP contribution is 2.55. The SMILES string of the molecule is CC(=O)N1CCc2c(c(N3CCCc4ccc(C(F)F)cc43)nn2C2CCN(CC3CCN(c4ncc(C(=O)NC5C(C)(C)C(Oc6ccc(C#N)c(Cl)c6)C5(C)C)cn4)CC3)CC2)C1. The molecule has 3 fully saturated rings. The molecule has 2 aromatic heterocycles. The van der Waals surface area contributed by atoms with Gasteiger partial charge in [0.15, 0.2) is 5.82 Å². The lowest BCUT2D eigenvalue weighted by molar-refractivity contribution is -0.164. The normalized spacial score (nSPS) is 22.2. The molecule has 1 N–H and O–H groups in total. The van der Waals surface area contributed by atoms with Crippen molar-refractivity contribution in [2.75, 3.05) is 55.6 Å². The van der Waals surface area contributed by atoms with E-state index < -0.39 is 6.43 Å². The summed E-state index contributed by atoms with van der Waals surface area (Å²) in [5.74, 6) is 2.39. The summed E-state index contributed by atoms with van der Waals surface area (Å²) in [6.45, 7) is 16.4. The first-order valence-corrected chi connectivity index (χ1v) is 23.5. The van der Waals surface area contributed by atoms with Gasteiger partial charge in [-0.3, -0.25) is 14.3 Å². The van der Waals surface area contributed by atoms with E-state index in [1.165, 1.54) is 11.8 Å². The predicted molar refractivity (Wildman–Crippen MR) is 245 cm³/mol. The van der Waals surface area contributed by atoms with Crippen LogP contribution in [0.2, 0.25) is 5.02 Å². The van der Waals surface area contributed by atoms with Crippen molar-refractivity contribution in [3.05, 3.63) is 87.3 Å². The molecule has 9 rings (SSSR count). The van der Waals surface area contributed by atoms with Gasteiger partial charge >= 0.3 is 0 Å². The van der Waals surface area contributed by atoms with Crippen LogP contribution in [0.3, 0.4) is 0 Å². The Bertz CT molecular complexity index is 2460. The van der Waals surface area contributed by atoms with E-state index in [-0.39, 0.29) is 46.4 Å². The van der Waals surface area contributed by atoms with Crippen LogP contribution in [0.5, 0.6) is 5.75 Å². The third kappa shape index (κ3) is 8.64. The highest BCUT2D eigenvalue weighted by Gasteiger charge is 2.64. The van der Waals surface area contributed by atoms with Gasteiger partial charge in [-0.2, -0.15) is 10.4 Å². The Balaban J connectivity index is 0.777. The lowest BCUT2D eigenvalue weighted by Crippen LogP contribution is -2.74. The number of amides is 2. The molecule has 1 saturated carbocycles. The minimum Gasteiger partial charge on any atom is -0.489 e. The van der Waals surface area contributed by atoms with Crippen molar-refractivity contribution in [1.29, 1.82) is 5.26 Å². The number of nitriles is 1. The van der Waals surface area contributed by atoms with Gasteiger partial charge in [0.05, 0.1) is 28.7 Å². The van der Waals surface area contributed by atoms with Gasteiger partial charge in [-0.25, -0.2) is 18.7 Å². The van der Waals surface area contributed by atoms with Crippen LogP contribution in [0.15, 0.2) is 48.8 Å². The molecule has 0 unspecified atom stereocenters. The van der Waals surface area contributed by atoms with E-state index in [4.69, 9.17) is 21.4 Å². The van der Waals surface area contributed by atoms with Crippen LogP contribution >= 0.6 is 11.6 Å².